The Bertz CT molecular complexity index is 560. The molecule has 1 aromatic carbocycles. The van der Waals surface area contributed by atoms with Gasteiger partial charge in [0, 0.05) is 0 Å². The van der Waals surface area contributed by atoms with Crippen LogP contribution in [0, 0.1) is 17.5 Å². The molecule has 1 aromatic heterocycles. The van der Waals surface area contributed by atoms with E-state index in [1.807, 2.05) is 0 Å². The van der Waals surface area contributed by atoms with Gasteiger partial charge in [0.25, 0.3) is 0 Å². The van der Waals surface area contributed by atoms with Crippen molar-refractivity contribution in [2.45, 2.75) is 0 Å². The van der Waals surface area contributed by atoms with E-state index in [1.165, 1.54) is 0 Å². The van der Waals surface area contributed by atoms with Crippen molar-refractivity contribution in [1.82, 2.24) is 4.98 Å². The Morgan fingerprint density at radius 3 is 2.47 bits per heavy atom. The van der Waals surface area contributed by atoms with Gasteiger partial charge in [0.05, 0.1) is 5.69 Å². The number of halogens is 4. The molecule has 0 saturated heterocycles. The number of pyridine rings is 1. The Labute approximate surface area is 104 Å². The van der Waals surface area contributed by atoms with Crippen molar-refractivity contribution < 1.29 is 13.2 Å². The highest BCUT2D eigenvalue weighted by Crippen LogP contribution is 2.23. The molecule has 17 heavy (non-hydrogen) atoms. The van der Waals surface area contributed by atoms with E-state index < -0.39 is 17.5 Å². The predicted molar refractivity (Wildman–Crippen MR) is 61.5 cm³/mol. The normalized spacial score (nSPS) is 10.4. The molecule has 0 aliphatic heterocycles. The van der Waals surface area contributed by atoms with E-state index in [1.54, 1.807) is 18.2 Å². The molecule has 2 aromatic rings. The second-order valence-electron chi connectivity index (χ2n) is 3.19. The van der Waals surface area contributed by atoms with Crippen LogP contribution in [0.1, 0.15) is 0 Å². The summed E-state index contributed by atoms with van der Waals surface area (Å²) in [7, 11) is 0. The predicted octanol–water partition coefficient (Wildman–Crippen LogP) is 4.00. The maximum Gasteiger partial charge on any atom is 0.196 e. The Morgan fingerprint density at radius 1 is 1.00 bits per heavy atom. The second kappa shape index (κ2) is 4.75. The van der Waals surface area contributed by atoms with Crippen LogP contribution in [0.2, 0.25) is 0 Å². The Hall–Kier alpha value is -1.56. The largest absolute Gasteiger partial charge is 0.338 e. The molecule has 0 aliphatic carbocycles. The number of nitrogens with one attached hydrogen (secondary N) is 1. The molecule has 0 radical (unpaired) electrons. The summed E-state index contributed by atoms with van der Waals surface area (Å²) in [6, 6.07) is 6.89. The summed E-state index contributed by atoms with van der Waals surface area (Å²) in [5.74, 6) is -3.68. The van der Waals surface area contributed by atoms with Gasteiger partial charge >= 0.3 is 0 Å². The summed E-state index contributed by atoms with van der Waals surface area (Å²) >= 11 is 3.14. The SMILES string of the molecule is Fc1ccc(Nc2cccc(Br)n2)c(F)c1F. The van der Waals surface area contributed by atoms with Crippen LogP contribution < -0.4 is 5.32 Å². The number of hydrogen-bond donors (Lipinski definition) is 1. The van der Waals surface area contributed by atoms with Crippen molar-refractivity contribution >= 4 is 27.4 Å². The van der Waals surface area contributed by atoms with E-state index in [9.17, 15) is 13.2 Å². The number of hydrogen-bond acceptors (Lipinski definition) is 2. The van der Waals surface area contributed by atoms with E-state index in [0.29, 0.717) is 10.4 Å². The zero-order valence-electron chi connectivity index (χ0n) is 8.35. The van der Waals surface area contributed by atoms with Gasteiger partial charge < -0.3 is 5.32 Å². The molecule has 0 aliphatic rings. The van der Waals surface area contributed by atoms with Crippen molar-refractivity contribution in [3.63, 3.8) is 0 Å². The van der Waals surface area contributed by atoms with Crippen LogP contribution >= 0.6 is 15.9 Å². The summed E-state index contributed by atoms with van der Waals surface area (Å²) in [5, 5.41) is 2.56. The first kappa shape index (κ1) is 11.9. The van der Waals surface area contributed by atoms with Gasteiger partial charge in [-0.3, -0.25) is 0 Å². The summed E-state index contributed by atoms with van der Waals surface area (Å²) < 4.78 is 39.5. The van der Waals surface area contributed by atoms with Gasteiger partial charge in [-0.1, -0.05) is 6.07 Å². The van der Waals surface area contributed by atoms with Crippen molar-refractivity contribution in [3.8, 4) is 0 Å². The minimum Gasteiger partial charge on any atom is -0.338 e. The van der Waals surface area contributed by atoms with Crippen molar-refractivity contribution in [1.29, 1.82) is 0 Å². The molecule has 0 unspecified atom stereocenters. The molecule has 1 N–H and O–H groups in total. The van der Waals surface area contributed by atoms with Crippen LogP contribution in [-0.2, 0) is 0 Å². The van der Waals surface area contributed by atoms with Crippen molar-refractivity contribution in [2.24, 2.45) is 0 Å². The molecule has 0 spiro atoms. The number of benzene rings is 1. The van der Waals surface area contributed by atoms with Crippen molar-refractivity contribution in [3.05, 3.63) is 52.4 Å². The van der Waals surface area contributed by atoms with E-state index in [2.05, 4.69) is 26.2 Å². The number of rotatable bonds is 2. The molecule has 6 heteroatoms. The maximum atomic E-state index is 13.3. The van der Waals surface area contributed by atoms with Gasteiger partial charge in [0.2, 0.25) is 0 Å². The molecule has 88 valence electrons. The lowest BCUT2D eigenvalue weighted by Crippen LogP contribution is -2.00. The first-order valence-corrected chi connectivity index (χ1v) is 5.40. The van der Waals surface area contributed by atoms with E-state index in [-0.39, 0.29) is 5.69 Å². The lowest BCUT2D eigenvalue weighted by molar-refractivity contribution is 0.449. The van der Waals surface area contributed by atoms with Gasteiger partial charge in [0.15, 0.2) is 17.5 Å². The second-order valence-corrected chi connectivity index (χ2v) is 4.01. The highest BCUT2D eigenvalue weighted by molar-refractivity contribution is 9.10. The van der Waals surface area contributed by atoms with E-state index in [4.69, 9.17) is 0 Å². The van der Waals surface area contributed by atoms with E-state index in [0.717, 1.165) is 12.1 Å². The quantitative estimate of drug-likeness (QED) is 0.670. The topological polar surface area (TPSA) is 24.9 Å². The van der Waals surface area contributed by atoms with Gasteiger partial charge in [-0.15, -0.1) is 0 Å². The molecule has 2 rings (SSSR count). The minimum atomic E-state index is -1.51. The zero-order valence-corrected chi connectivity index (χ0v) is 9.93. The Morgan fingerprint density at radius 2 is 1.76 bits per heavy atom. The molecule has 0 bridgehead atoms. The fraction of sp³-hybridized carbons (Fsp3) is 0. The van der Waals surface area contributed by atoms with Crippen LogP contribution in [0.15, 0.2) is 34.9 Å². The molecule has 0 fully saturated rings. The molecule has 0 saturated carbocycles. The molecule has 0 atom stereocenters. The molecular formula is C11H6BrF3N2. The van der Waals surface area contributed by atoms with Gasteiger partial charge in [0.1, 0.15) is 10.4 Å². The molecule has 0 amide bonds. The highest BCUT2D eigenvalue weighted by Gasteiger charge is 2.13. The third-order valence-electron chi connectivity index (χ3n) is 2.01. The van der Waals surface area contributed by atoms with Gasteiger partial charge in [-0.05, 0) is 40.2 Å². The lowest BCUT2D eigenvalue weighted by Gasteiger charge is -2.07. The van der Waals surface area contributed by atoms with Crippen LogP contribution in [0.25, 0.3) is 0 Å². The zero-order chi connectivity index (χ0) is 12.4. The fourth-order valence-corrected chi connectivity index (χ4v) is 1.58. The first-order chi connectivity index (χ1) is 8.08. The summed E-state index contributed by atoms with van der Waals surface area (Å²) in [6.45, 7) is 0. The molecular weight excluding hydrogens is 297 g/mol. The van der Waals surface area contributed by atoms with Crippen LogP contribution in [0.5, 0.6) is 0 Å². The molecule has 2 nitrogen and oxygen atoms in total. The number of nitrogens with zero attached hydrogens (tertiary/aromatic N) is 1. The standard InChI is InChI=1S/C11H6BrF3N2/c12-8-2-1-3-9(17-8)16-7-5-4-6(13)10(14)11(7)15/h1-5H,(H,16,17). The average molecular weight is 303 g/mol. The fourth-order valence-electron chi connectivity index (χ4n) is 1.24. The van der Waals surface area contributed by atoms with Crippen molar-refractivity contribution in [2.75, 3.05) is 5.32 Å². The summed E-state index contributed by atoms with van der Waals surface area (Å²) in [4.78, 5) is 3.98. The average Bonchev–Trinajstić information content (AvgIpc) is 2.30. The summed E-state index contributed by atoms with van der Waals surface area (Å²) in [6.07, 6.45) is 0. The third-order valence-corrected chi connectivity index (χ3v) is 2.45. The molecule has 1 heterocycles. The monoisotopic (exact) mass is 302 g/mol. The number of anilines is 2. The lowest BCUT2D eigenvalue weighted by atomic mass is 10.2. The van der Waals surface area contributed by atoms with Crippen LogP contribution in [0.4, 0.5) is 24.7 Å². The minimum absolute atomic E-state index is 0.172. The highest BCUT2D eigenvalue weighted by atomic mass is 79.9. The van der Waals surface area contributed by atoms with Gasteiger partial charge in [-0.2, -0.15) is 0 Å². The summed E-state index contributed by atoms with van der Waals surface area (Å²) in [5.41, 5.74) is -0.172. The number of aromatic nitrogens is 1. The third kappa shape index (κ3) is 2.58. The maximum absolute atomic E-state index is 13.3. The van der Waals surface area contributed by atoms with Gasteiger partial charge in [-0.25, -0.2) is 18.2 Å². The van der Waals surface area contributed by atoms with Crippen LogP contribution in [-0.4, -0.2) is 4.98 Å². The Balaban J connectivity index is 2.34. The Kier molecular flexibility index (Phi) is 3.33. The smallest absolute Gasteiger partial charge is 0.196 e. The first-order valence-electron chi connectivity index (χ1n) is 4.61. The van der Waals surface area contributed by atoms with E-state index >= 15 is 0 Å². The van der Waals surface area contributed by atoms with Crippen LogP contribution in [0.3, 0.4) is 0 Å².